The van der Waals surface area contributed by atoms with Crippen LogP contribution >= 0.6 is 0 Å². The first-order chi connectivity index (χ1) is 6.25. The smallest absolute Gasteiger partial charge is 0.219 e. The molecule has 1 atom stereocenters. The molecule has 1 rings (SSSR count). The van der Waals surface area contributed by atoms with Gasteiger partial charge in [0, 0.05) is 32.6 Å². The van der Waals surface area contributed by atoms with E-state index in [2.05, 4.69) is 5.32 Å². The van der Waals surface area contributed by atoms with Crippen molar-refractivity contribution < 1.29 is 9.90 Å². The predicted octanol–water partition coefficient (Wildman–Crippen LogP) is -0.421. The van der Waals surface area contributed by atoms with E-state index in [0.29, 0.717) is 12.6 Å². The van der Waals surface area contributed by atoms with Crippen LogP contribution in [-0.4, -0.2) is 48.2 Å². The first kappa shape index (κ1) is 10.5. The van der Waals surface area contributed by atoms with Crippen LogP contribution in [0.25, 0.3) is 0 Å². The number of nitrogens with one attached hydrogen (secondary N) is 1. The summed E-state index contributed by atoms with van der Waals surface area (Å²) in [6, 6.07) is 0.337. The molecule has 0 spiro atoms. The average Bonchev–Trinajstić information content (AvgIpc) is 2.53. The molecule has 1 heterocycles. The first-order valence-corrected chi connectivity index (χ1v) is 4.84. The summed E-state index contributed by atoms with van der Waals surface area (Å²) in [5.41, 5.74) is 0. The summed E-state index contributed by atoms with van der Waals surface area (Å²) >= 11 is 0. The van der Waals surface area contributed by atoms with Crippen molar-refractivity contribution in [2.45, 2.75) is 25.8 Å². The van der Waals surface area contributed by atoms with Gasteiger partial charge in [0.25, 0.3) is 0 Å². The molecule has 0 saturated carbocycles. The molecule has 0 unspecified atom stereocenters. The summed E-state index contributed by atoms with van der Waals surface area (Å²) < 4.78 is 0. The maximum absolute atomic E-state index is 11.1. The zero-order valence-electron chi connectivity index (χ0n) is 8.12. The zero-order valence-corrected chi connectivity index (χ0v) is 8.12. The van der Waals surface area contributed by atoms with Gasteiger partial charge in [-0.25, -0.2) is 0 Å². The fraction of sp³-hybridized carbons (Fsp3) is 0.889. The van der Waals surface area contributed by atoms with Gasteiger partial charge in [-0.2, -0.15) is 0 Å². The Labute approximate surface area is 78.9 Å². The Bertz CT molecular complexity index is 173. The maximum Gasteiger partial charge on any atom is 0.219 e. The van der Waals surface area contributed by atoms with Gasteiger partial charge in [-0.15, -0.1) is 0 Å². The molecule has 0 aromatic rings. The van der Waals surface area contributed by atoms with Crippen molar-refractivity contribution in [2.75, 3.05) is 26.2 Å². The van der Waals surface area contributed by atoms with Crippen LogP contribution in [0.1, 0.15) is 19.8 Å². The van der Waals surface area contributed by atoms with Crippen LogP contribution in [-0.2, 0) is 4.79 Å². The Hall–Kier alpha value is -0.610. The highest BCUT2D eigenvalue weighted by Gasteiger charge is 2.25. The highest BCUT2D eigenvalue weighted by Crippen LogP contribution is 2.16. The molecule has 13 heavy (non-hydrogen) atoms. The molecule has 0 aromatic heterocycles. The molecule has 0 aliphatic carbocycles. The fourth-order valence-corrected chi connectivity index (χ4v) is 1.81. The van der Waals surface area contributed by atoms with E-state index in [1.807, 2.05) is 4.90 Å². The molecule has 1 fully saturated rings. The Morgan fingerprint density at radius 1 is 1.69 bits per heavy atom. The van der Waals surface area contributed by atoms with E-state index in [1.54, 1.807) is 6.92 Å². The molecule has 0 bridgehead atoms. The van der Waals surface area contributed by atoms with E-state index in [-0.39, 0.29) is 12.5 Å². The molecule has 0 aromatic carbocycles. The van der Waals surface area contributed by atoms with Gasteiger partial charge in [-0.3, -0.25) is 4.79 Å². The lowest BCUT2D eigenvalue weighted by atomic mass is 10.2. The third-order valence-electron chi connectivity index (χ3n) is 2.45. The maximum atomic E-state index is 11.1. The Morgan fingerprint density at radius 2 is 2.46 bits per heavy atom. The molecular weight excluding hydrogens is 168 g/mol. The highest BCUT2D eigenvalue weighted by molar-refractivity contribution is 5.73. The number of likely N-dealkylation sites (tertiary alicyclic amines) is 1. The van der Waals surface area contributed by atoms with Crippen molar-refractivity contribution in [3.8, 4) is 0 Å². The second-order valence-electron chi connectivity index (χ2n) is 3.44. The van der Waals surface area contributed by atoms with Crippen molar-refractivity contribution in [3.63, 3.8) is 0 Å². The van der Waals surface area contributed by atoms with E-state index >= 15 is 0 Å². The highest BCUT2D eigenvalue weighted by atomic mass is 16.3. The summed E-state index contributed by atoms with van der Waals surface area (Å²) in [6.07, 6.45) is 2.18. The zero-order chi connectivity index (χ0) is 9.68. The normalized spacial score (nSPS) is 22.3. The van der Waals surface area contributed by atoms with Gasteiger partial charge in [-0.05, 0) is 12.8 Å². The van der Waals surface area contributed by atoms with E-state index in [9.17, 15) is 4.79 Å². The van der Waals surface area contributed by atoms with Crippen molar-refractivity contribution in [3.05, 3.63) is 0 Å². The molecular formula is C9H18N2O2. The van der Waals surface area contributed by atoms with Crippen molar-refractivity contribution in [1.82, 2.24) is 10.2 Å². The van der Waals surface area contributed by atoms with E-state index in [0.717, 1.165) is 25.9 Å². The van der Waals surface area contributed by atoms with Crippen LogP contribution in [0.2, 0.25) is 0 Å². The van der Waals surface area contributed by atoms with E-state index in [4.69, 9.17) is 5.11 Å². The minimum Gasteiger partial charge on any atom is -0.395 e. The third kappa shape index (κ3) is 2.97. The van der Waals surface area contributed by atoms with Gasteiger partial charge in [-0.1, -0.05) is 0 Å². The monoisotopic (exact) mass is 186 g/mol. The number of hydrogen-bond donors (Lipinski definition) is 2. The van der Waals surface area contributed by atoms with Gasteiger partial charge in [0.15, 0.2) is 0 Å². The number of aliphatic hydroxyl groups is 1. The standard InChI is InChI=1S/C9H18N2O2/c1-8(13)11-5-2-3-9(11)7-10-4-6-12/h9-10,12H,2-7H2,1H3/t9-/m0/s1. The number of aliphatic hydroxyl groups excluding tert-OH is 1. The van der Waals surface area contributed by atoms with Crippen molar-refractivity contribution in [1.29, 1.82) is 0 Å². The second-order valence-corrected chi connectivity index (χ2v) is 3.44. The largest absolute Gasteiger partial charge is 0.395 e. The quantitative estimate of drug-likeness (QED) is 0.586. The molecule has 1 saturated heterocycles. The fourth-order valence-electron chi connectivity index (χ4n) is 1.81. The first-order valence-electron chi connectivity index (χ1n) is 4.84. The van der Waals surface area contributed by atoms with Gasteiger partial charge < -0.3 is 15.3 Å². The van der Waals surface area contributed by atoms with Crippen LogP contribution in [0, 0.1) is 0 Å². The molecule has 1 amide bonds. The minimum absolute atomic E-state index is 0.160. The summed E-state index contributed by atoms with van der Waals surface area (Å²) in [5.74, 6) is 0.160. The number of hydrogen-bond acceptors (Lipinski definition) is 3. The number of amides is 1. The lowest BCUT2D eigenvalue weighted by Crippen LogP contribution is -2.41. The molecule has 76 valence electrons. The van der Waals surface area contributed by atoms with Gasteiger partial charge in [0.1, 0.15) is 0 Å². The van der Waals surface area contributed by atoms with Crippen LogP contribution < -0.4 is 5.32 Å². The van der Waals surface area contributed by atoms with Crippen LogP contribution in [0.3, 0.4) is 0 Å². The molecule has 4 heteroatoms. The van der Waals surface area contributed by atoms with Crippen LogP contribution in [0.4, 0.5) is 0 Å². The predicted molar refractivity (Wildman–Crippen MR) is 50.4 cm³/mol. The van der Waals surface area contributed by atoms with Crippen LogP contribution in [0.5, 0.6) is 0 Å². The van der Waals surface area contributed by atoms with Gasteiger partial charge in [0.2, 0.25) is 5.91 Å². The summed E-state index contributed by atoms with van der Waals surface area (Å²) in [5, 5.41) is 11.7. The lowest BCUT2D eigenvalue weighted by molar-refractivity contribution is -0.129. The van der Waals surface area contributed by atoms with E-state index < -0.39 is 0 Å². The Morgan fingerprint density at radius 3 is 3.08 bits per heavy atom. The number of rotatable bonds is 4. The minimum atomic E-state index is 0.160. The van der Waals surface area contributed by atoms with Gasteiger partial charge >= 0.3 is 0 Å². The molecule has 1 aliphatic heterocycles. The summed E-state index contributed by atoms with van der Waals surface area (Å²) in [7, 11) is 0. The summed E-state index contributed by atoms with van der Waals surface area (Å²) in [4.78, 5) is 13.0. The molecule has 4 nitrogen and oxygen atoms in total. The lowest BCUT2D eigenvalue weighted by Gasteiger charge is -2.23. The SMILES string of the molecule is CC(=O)N1CCC[C@H]1CNCCO. The molecule has 1 aliphatic rings. The van der Waals surface area contributed by atoms with E-state index in [1.165, 1.54) is 0 Å². The van der Waals surface area contributed by atoms with Crippen molar-refractivity contribution >= 4 is 5.91 Å². The third-order valence-corrected chi connectivity index (χ3v) is 2.45. The number of carbonyl (C=O) groups excluding carboxylic acids is 1. The van der Waals surface area contributed by atoms with Gasteiger partial charge in [0.05, 0.1) is 6.61 Å². The number of nitrogens with zero attached hydrogens (tertiary/aromatic N) is 1. The van der Waals surface area contributed by atoms with Crippen molar-refractivity contribution in [2.24, 2.45) is 0 Å². The topological polar surface area (TPSA) is 52.6 Å². The number of carbonyl (C=O) groups is 1. The molecule has 0 radical (unpaired) electrons. The second kappa shape index (κ2) is 5.19. The average molecular weight is 186 g/mol. The summed E-state index contributed by atoms with van der Waals surface area (Å²) in [6.45, 7) is 4.08. The van der Waals surface area contributed by atoms with Crippen LogP contribution in [0.15, 0.2) is 0 Å². The Kier molecular flexibility index (Phi) is 4.18. The molecule has 2 N–H and O–H groups in total. The Balaban J connectivity index is 2.27.